The quantitative estimate of drug-likeness (QED) is 0.423. The molecule has 30 heavy (non-hydrogen) atoms. The summed E-state index contributed by atoms with van der Waals surface area (Å²) in [5.41, 5.74) is 1.60. The first-order valence-corrected chi connectivity index (χ1v) is 14.2. The SMILES string of the molecule is ClC1=C(N(C2CCCCC2)C2CCCCC2)C1N(C1CCCCC1)C1CCCCC1. The highest BCUT2D eigenvalue weighted by atomic mass is 35.5. The Bertz CT molecular complexity index is 542. The van der Waals surface area contributed by atoms with Gasteiger partial charge in [-0.1, -0.05) is 88.7 Å². The van der Waals surface area contributed by atoms with Crippen LogP contribution in [-0.2, 0) is 0 Å². The predicted molar refractivity (Wildman–Crippen MR) is 128 cm³/mol. The van der Waals surface area contributed by atoms with Crippen LogP contribution in [0.5, 0.6) is 0 Å². The van der Waals surface area contributed by atoms with Crippen molar-refractivity contribution in [1.29, 1.82) is 0 Å². The van der Waals surface area contributed by atoms with Gasteiger partial charge in [-0.05, 0) is 51.4 Å². The van der Waals surface area contributed by atoms with Crippen LogP contribution in [0.3, 0.4) is 0 Å². The van der Waals surface area contributed by atoms with E-state index in [1.165, 1.54) is 133 Å². The molecule has 3 heteroatoms. The molecule has 5 rings (SSSR count). The first-order chi connectivity index (χ1) is 14.8. The van der Waals surface area contributed by atoms with Gasteiger partial charge in [0.05, 0.1) is 16.8 Å². The molecule has 0 amide bonds. The van der Waals surface area contributed by atoms with Crippen LogP contribution >= 0.6 is 11.6 Å². The van der Waals surface area contributed by atoms with Crippen molar-refractivity contribution < 1.29 is 0 Å². The van der Waals surface area contributed by atoms with Crippen molar-refractivity contribution in [3.8, 4) is 0 Å². The van der Waals surface area contributed by atoms with E-state index in [1.807, 2.05) is 0 Å². The van der Waals surface area contributed by atoms with E-state index in [0.29, 0.717) is 6.04 Å². The van der Waals surface area contributed by atoms with Gasteiger partial charge in [0, 0.05) is 24.2 Å². The number of hydrogen-bond donors (Lipinski definition) is 0. The molecule has 0 N–H and O–H groups in total. The highest BCUT2D eigenvalue weighted by molar-refractivity contribution is 6.34. The highest BCUT2D eigenvalue weighted by Crippen LogP contribution is 2.50. The van der Waals surface area contributed by atoms with E-state index in [9.17, 15) is 0 Å². The summed E-state index contributed by atoms with van der Waals surface area (Å²) in [4.78, 5) is 5.94. The third-order valence-electron chi connectivity index (χ3n) is 9.17. The van der Waals surface area contributed by atoms with Crippen molar-refractivity contribution >= 4 is 11.6 Å². The molecule has 0 aliphatic heterocycles. The Morgan fingerprint density at radius 1 is 0.467 bits per heavy atom. The zero-order valence-electron chi connectivity index (χ0n) is 19.3. The summed E-state index contributed by atoms with van der Waals surface area (Å²) in [5.74, 6) is 0. The van der Waals surface area contributed by atoms with E-state index in [2.05, 4.69) is 9.80 Å². The average molecular weight is 433 g/mol. The molecule has 5 aliphatic rings. The molecule has 1 atom stereocenters. The first kappa shape index (κ1) is 21.6. The van der Waals surface area contributed by atoms with Gasteiger partial charge in [0.25, 0.3) is 0 Å². The van der Waals surface area contributed by atoms with Gasteiger partial charge in [0.15, 0.2) is 0 Å². The van der Waals surface area contributed by atoms with Crippen LogP contribution in [0, 0.1) is 0 Å². The zero-order valence-corrected chi connectivity index (χ0v) is 20.1. The Morgan fingerprint density at radius 2 is 0.800 bits per heavy atom. The largest absolute Gasteiger partial charge is 0.366 e. The Labute approximate surface area is 190 Å². The fraction of sp³-hybridized carbons (Fsp3) is 0.926. The molecule has 0 heterocycles. The highest BCUT2D eigenvalue weighted by Gasteiger charge is 2.51. The summed E-state index contributed by atoms with van der Waals surface area (Å²) in [6, 6.07) is 3.61. The molecule has 0 radical (unpaired) electrons. The summed E-state index contributed by atoms with van der Waals surface area (Å²) in [6.45, 7) is 0. The summed E-state index contributed by atoms with van der Waals surface area (Å²) >= 11 is 7.18. The van der Waals surface area contributed by atoms with Crippen LogP contribution in [0.15, 0.2) is 10.7 Å². The first-order valence-electron chi connectivity index (χ1n) is 13.8. The number of nitrogens with zero attached hydrogens (tertiary/aromatic N) is 2. The molecule has 5 aliphatic carbocycles. The number of halogens is 1. The molecule has 170 valence electrons. The molecular weight excluding hydrogens is 388 g/mol. The molecule has 0 aromatic rings. The fourth-order valence-electron chi connectivity index (χ4n) is 7.60. The van der Waals surface area contributed by atoms with Crippen LogP contribution in [-0.4, -0.2) is 40.0 Å². The van der Waals surface area contributed by atoms with Crippen LogP contribution < -0.4 is 0 Å². The average Bonchev–Trinajstić information content (AvgIpc) is 3.46. The van der Waals surface area contributed by atoms with Gasteiger partial charge in [-0.15, -0.1) is 0 Å². The fourth-order valence-corrected chi connectivity index (χ4v) is 7.96. The van der Waals surface area contributed by atoms with Crippen LogP contribution in [0.1, 0.15) is 128 Å². The van der Waals surface area contributed by atoms with Crippen molar-refractivity contribution in [3.63, 3.8) is 0 Å². The molecule has 4 saturated carbocycles. The Hall–Kier alpha value is -0.210. The van der Waals surface area contributed by atoms with E-state index in [0.717, 1.165) is 24.2 Å². The second kappa shape index (κ2) is 10.2. The maximum Gasteiger partial charge on any atom is 0.0896 e. The molecule has 4 fully saturated rings. The lowest BCUT2D eigenvalue weighted by Crippen LogP contribution is -2.50. The van der Waals surface area contributed by atoms with Gasteiger partial charge >= 0.3 is 0 Å². The molecule has 0 bridgehead atoms. The lowest BCUT2D eigenvalue weighted by atomic mass is 9.87. The minimum Gasteiger partial charge on any atom is -0.366 e. The second-order valence-corrected chi connectivity index (χ2v) is 11.6. The smallest absolute Gasteiger partial charge is 0.0896 e. The normalized spacial score (nSPS) is 30.8. The lowest BCUT2D eigenvalue weighted by Gasteiger charge is -2.46. The van der Waals surface area contributed by atoms with E-state index < -0.39 is 0 Å². The minimum absolute atomic E-state index is 0.488. The van der Waals surface area contributed by atoms with E-state index in [4.69, 9.17) is 11.6 Å². The Morgan fingerprint density at radius 3 is 1.17 bits per heavy atom. The standard InChI is InChI=1S/C27H45ClN2/c28-25-26(29(21-13-5-1-6-14-21)22-15-7-2-8-16-22)27(25)30(23-17-9-3-10-18-23)24-19-11-4-12-20-24/h21-24,26H,1-20H2. The molecule has 1 unspecified atom stereocenters. The molecule has 0 spiro atoms. The summed E-state index contributed by atoms with van der Waals surface area (Å²) in [5, 5.41) is 1.25. The van der Waals surface area contributed by atoms with E-state index in [-0.39, 0.29) is 0 Å². The molecule has 0 aromatic carbocycles. The Kier molecular flexibility index (Phi) is 7.32. The molecule has 2 nitrogen and oxygen atoms in total. The van der Waals surface area contributed by atoms with Gasteiger partial charge in [-0.2, -0.15) is 0 Å². The third-order valence-corrected chi connectivity index (χ3v) is 9.57. The van der Waals surface area contributed by atoms with Crippen LogP contribution in [0.4, 0.5) is 0 Å². The monoisotopic (exact) mass is 432 g/mol. The van der Waals surface area contributed by atoms with Crippen molar-refractivity contribution in [2.45, 2.75) is 159 Å². The zero-order chi connectivity index (χ0) is 20.3. The minimum atomic E-state index is 0.488. The Balaban J connectivity index is 1.38. The predicted octanol–water partition coefficient (Wildman–Crippen LogP) is 7.75. The van der Waals surface area contributed by atoms with Gasteiger partial charge in [0.2, 0.25) is 0 Å². The summed E-state index contributed by atoms with van der Waals surface area (Å²) in [7, 11) is 0. The van der Waals surface area contributed by atoms with Crippen molar-refractivity contribution in [3.05, 3.63) is 10.7 Å². The van der Waals surface area contributed by atoms with Gasteiger partial charge in [0.1, 0.15) is 0 Å². The topological polar surface area (TPSA) is 6.48 Å². The maximum atomic E-state index is 7.18. The van der Waals surface area contributed by atoms with Crippen molar-refractivity contribution in [2.75, 3.05) is 0 Å². The van der Waals surface area contributed by atoms with Gasteiger partial charge in [-0.3, -0.25) is 4.90 Å². The van der Waals surface area contributed by atoms with Crippen LogP contribution in [0.25, 0.3) is 0 Å². The number of hydrogen-bond acceptors (Lipinski definition) is 2. The molecule has 0 aromatic heterocycles. The summed E-state index contributed by atoms with van der Waals surface area (Å²) < 4.78 is 0. The third kappa shape index (κ3) is 4.61. The van der Waals surface area contributed by atoms with Crippen molar-refractivity contribution in [2.24, 2.45) is 0 Å². The van der Waals surface area contributed by atoms with Crippen molar-refractivity contribution in [1.82, 2.24) is 9.80 Å². The summed E-state index contributed by atoms with van der Waals surface area (Å²) in [6.07, 6.45) is 28.5. The van der Waals surface area contributed by atoms with Gasteiger partial charge < -0.3 is 4.90 Å². The molecular formula is C27H45ClN2. The maximum absolute atomic E-state index is 7.18. The second-order valence-electron chi connectivity index (χ2n) is 11.2. The van der Waals surface area contributed by atoms with E-state index in [1.54, 1.807) is 5.70 Å². The lowest BCUT2D eigenvalue weighted by molar-refractivity contribution is 0.0576. The van der Waals surface area contributed by atoms with E-state index >= 15 is 0 Å². The van der Waals surface area contributed by atoms with Crippen LogP contribution in [0.2, 0.25) is 0 Å². The molecule has 0 saturated heterocycles. The van der Waals surface area contributed by atoms with Gasteiger partial charge in [-0.25, -0.2) is 0 Å². The number of rotatable bonds is 6.